The number of hydrogen-bond donors (Lipinski definition) is 0. The van der Waals surface area contributed by atoms with Gasteiger partial charge in [0.15, 0.2) is 0 Å². The summed E-state index contributed by atoms with van der Waals surface area (Å²) in [5.41, 5.74) is 1.77. The first kappa shape index (κ1) is 19.4. The third-order valence-electron chi connectivity index (χ3n) is 4.98. The fourth-order valence-electron chi connectivity index (χ4n) is 3.41. The lowest BCUT2D eigenvalue weighted by atomic mass is 10.1. The first-order valence-electron chi connectivity index (χ1n) is 9.69. The monoisotopic (exact) mass is 409 g/mol. The molecule has 0 bridgehead atoms. The minimum atomic E-state index is -0.391. The summed E-state index contributed by atoms with van der Waals surface area (Å²) in [5, 5.41) is 12.4. The molecule has 7 nitrogen and oxygen atoms in total. The number of aromatic nitrogens is 4. The van der Waals surface area contributed by atoms with Gasteiger partial charge in [-0.3, -0.25) is 4.79 Å². The molecule has 0 unspecified atom stereocenters. The van der Waals surface area contributed by atoms with Crippen molar-refractivity contribution in [2.24, 2.45) is 0 Å². The maximum atomic E-state index is 13.4. The smallest absolute Gasteiger partial charge is 0.240 e. The van der Waals surface area contributed by atoms with Crippen LogP contribution in [0.15, 0.2) is 59.8 Å². The predicted molar refractivity (Wildman–Crippen MR) is 111 cm³/mol. The molecule has 0 radical (unpaired) electrons. The summed E-state index contributed by atoms with van der Waals surface area (Å²) in [6.45, 7) is 1.62. The zero-order valence-corrected chi connectivity index (χ0v) is 17.1. The van der Waals surface area contributed by atoms with Crippen molar-refractivity contribution in [3.63, 3.8) is 0 Å². The van der Waals surface area contributed by atoms with Gasteiger partial charge in [0.2, 0.25) is 11.1 Å². The van der Waals surface area contributed by atoms with E-state index in [1.54, 1.807) is 11.8 Å². The molecule has 1 aromatic heterocycles. The maximum absolute atomic E-state index is 13.4. The van der Waals surface area contributed by atoms with Crippen LogP contribution in [0.5, 0.6) is 5.75 Å². The van der Waals surface area contributed by atoms with Crippen molar-refractivity contribution < 1.29 is 9.53 Å². The van der Waals surface area contributed by atoms with E-state index in [1.807, 2.05) is 59.5 Å². The largest absolute Gasteiger partial charge is 0.497 e. The van der Waals surface area contributed by atoms with Crippen LogP contribution >= 0.6 is 11.8 Å². The fourth-order valence-corrected chi connectivity index (χ4v) is 4.49. The summed E-state index contributed by atoms with van der Waals surface area (Å²) in [7, 11) is 1.63. The summed E-state index contributed by atoms with van der Waals surface area (Å²) in [4.78, 5) is 15.3. The summed E-state index contributed by atoms with van der Waals surface area (Å²) >= 11 is 1.39. The molecule has 2 aromatic carbocycles. The van der Waals surface area contributed by atoms with Crippen LogP contribution in [-0.2, 0) is 4.79 Å². The molecule has 1 amide bonds. The SMILES string of the molecule is COc1ccc(-n2nnnc2S[C@H](C(=O)N2CCCCC2)c2ccccc2)cc1. The van der Waals surface area contributed by atoms with Gasteiger partial charge in [-0.2, -0.15) is 4.68 Å². The van der Waals surface area contributed by atoms with Gasteiger partial charge in [0.1, 0.15) is 11.0 Å². The summed E-state index contributed by atoms with van der Waals surface area (Å²) in [5.74, 6) is 0.878. The Bertz CT molecular complexity index is 939. The van der Waals surface area contributed by atoms with E-state index in [2.05, 4.69) is 15.5 Å². The second-order valence-electron chi connectivity index (χ2n) is 6.87. The highest BCUT2D eigenvalue weighted by atomic mass is 32.2. The Labute approximate surface area is 174 Å². The number of amides is 1. The summed E-state index contributed by atoms with van der Waals surface area (Å²) in [6, 6.07) is 17.3. The average molecular weight is 410 g/mol. The molecule has 1 aliphatic rings. The molecule has 2 heterocycles. The molecule has 8 heteroatoms. The van der Waals surface area contributed by atoms with Gasteiger partial charge in [0.05, 0.1) is 12.8 Å². The Balaban J connectivity index is 1.63. The van der Waals surface area contributed by atoms with E-state index in [4.69, 9.17) is 4.74 Å². The van der Waals surface area contributed by atoms with Gasteiger partial charge in [0.25, 0.3) is 0 Å². The van der Waals surface area contributed by atoms with E-state index in [1.165, 1.54) is 18.2 Å². The molecule has 0 N–H and O–H groups in total. The minimum absolute atomic E-state index is 0.116. The lowest BCUT2D eigenvalue weighted by molar-refractivity contribution is -0.131. The first-order chi connectivity index (χ1) is 14.3. The molecule has 0 aliphatic carbocycles. The van der Waals surface area contributed by atoms with E-state index in [0.717, 1.165) is 42.9 Å². The number of nitrogens with zero attached hydrogens (tertiary/aromatic N) is 5. The lowest BCUT2D eigenvalue weighted by Crippen LogP contribution is -2.38. The topological polar surface area (TPSA) is 73.1 Å². The maximum Gasteiger partial charge on any atom is 0.240 e. The van der Waals surface area contributed by atoms with E-state index in [9.17, 15) is 4.79 Å². The number of rotatable bonds is 6. The Morgan fingerprint density at radius 3 is 2.45 bits per heavy atom. The Hall–Kier alpha value is -2.87. The minimum Gasteiger partial charge on any atom is -0.497 e. The second-order valence-corrected chi connectivity index (χ2v) is 7.94. The van der Waals surface area contributed by atoms with Crippen LogP contribution in [0.3, 0.4) is 0 Å². The van der Waals surface area contributed by atoms with Crippen molar-refractivity contribution in [2.75, 3.05) is 20.2 Å². The zero-order chi connectivity index (χ0) is 20.1. The summed E-state index contributed by atoms with van der Waals surface area (Å²) in [6.07, 6.45) is 3.30. The van der Waals surface area contributed by atoms with Crippen LogP contribution in [0.1, 0.15) is 30.1 Å². The first-order valence-corrected chi connectivity index (χ1v) is 10.6. The molecule has 150 valence electrons. The number of carbonyl (C=O) groups excluding carboxylic acids is 1. The van der Waals surface area contributed by atoms with Crippen molar-refractivity contribution in [3.8, 4) is 11.4 Å². The van der Waals surface area contributed by atoms with Gasteiger partial charge in [-0.25, -0.2) is 0 Å². The Kier molecular flexibility index (Phi) is 6.09. The van der Waals surface area contributed by atoms with E-state index in [-0.39, 0.29) is 5.91 Å². The highest BCUT2D eigenvalue weighted by Gasteiger charge is 2.30. The number of carbonyl (C=O) groups is 1. The number of benzene rings is 2. The lowest BCUT2D eigenvalue weighted by Gasteiger charge is -2.30. The van der Waals surface area contributed by atoms with E-state index >= 15 is 0 Å². The number of thioether (sulfide) groups is 1. The number of likely N-dealkylation sites (tertiary alicyclic amines) is 1. The van der Waals surface area contributed by atoms with Crippen LogP contribution in [0.2, 0.25) is 0 Å². The van der Waals surface area contributed by atoms with Crippen LogP contribution in [0.25, 0.3) is 5.69 Å². The molecule has 1 atom stereocenters. The highest BCUT2D eigenvalue weighted by molar-refractivity contribution is 8.00. The Morgan fingerprint density at radius 1 is 1.03 bits per heavy atom. The van der Waals surface area contributed by atoms with Crippen molar-refractivity contribution in [1.82, 2.24) is 25.1 Å². The van der Waals surface area contributed by atoms with Crippen molar-refractivity contribution >= 4 is 17.7 Å². The van der Waals surface area contributed by atoms with Crippen LogP contribution < -0.4 is 4.74 Å². The summed E-state index contributed by atoms with van der Waals surface area (Å²) < 4.78 is 6.88. The normalized spacial score (nSPS) is 15.1. The fraction of sp³-hybridized carbons (Fsp3) is 0.333. The van der Waals surface area contributed by atoms with Gasteiger partial charge in [-0.1, -0.05) is 42.1 Å². The van der Waals surface area contributed by atoms with Gasteiger partial charge in [-0.15, -0.1) is 5.10 Å². The third kappa shape index (κ3) is 4.42. The van der Waals surface area contributed by atoms with Gasteiger partial charge in [0, 0.05) is 13.1 Å². The second kappa shape index (κ2) is 9.09. The van der Waals surface area contributed by atoms with Gasteiger partial charge in [-0.05, 0) is 59.5 Å². The van der Waals surface area contributed by atoms with Crippen molar-refractivity contribution in [1.29, 1.82) is 0 Å². The highest BCUT2D eigenvalue weighted by Crippen LogP contribution is 2.37. The van der Waals surface area contributed by atoms with Crippen LogP contribution in [0.4, 0.5) is 0 Å². The molecule has 29 heavy (non-hydrogen) atoms. The van der Waals surface area contributed by atoms with Crippen LogP contribution in [-0.4, -0.2) is 51.2 Å². The molecule has 1 saturated heterocycles. The molecule has 4 rings (SSSR count). The molecular formula is C21H23N5O2S. The van der Waals surface area contributed by atoms with E-state index in [0.29, 0.717) is 5.16 Å². The molecule has 0 saturated carbocycles. The molecule has 1 aliphatic heterocycles. The molecular weight excluding hydrogens is 386 g/mol. The molecule has 1 fully saturated rings. The van der Waals surface area contributed by atoms with Gasteiger partial charge < -0.3 is 9.64 Å². The quantitative estimate of drug-likeness (QED) is 0.580. The zero-order valence-electron chi connectivity index (χ0n) is 16.3. The number of ether oxygens (including phenoxy) is 1. The Morgan fingerprint density at radius 2 is 1.76 bits per heavy atom. The van der Waals surface area contributed by atoms with Crippen molar-refractivity contribution in [2.45, 2.75) is 29.7 Å². The average Bonchev–Trinajstić information content (AvgIpc) is 3.26. The van der Waals surface area contributed by atoms with Crippen molar-refractivity contribution in [3.05, 3.63) is 60.2 Å². The molecule has 3 aromatic rings. The number of piperidine rings is 1. The van der Waals surface area contributed by atoms with E-state index < -0.39 is 5.25 Å². The number of methoxy groups -OCH3 is 1. The number of hydrogen-bond acceptors (Lipinski definition) is 6. The standard InChI is InChI=1S/C21H23N5O2S/c1-28-18-12-10-17(11-13-18)26-21(22-23-24-26)29-19(16-8-4-2-5-9-16)20(27)25-14-6-3-7-15-25/h2,4-5,8-13,19H,3,6-7,14-15H2,1H3/t19-/m0/s1. The molecule has 0 spiro atoms. The predicted octanol–water partition coefficient (Wildman–Crippen LogP) is 3.52. The third-order valence-corrected chi connectivity index (χ3v) is 6.15. The number of tetrazole rings is 1. The van der Waals surface area contributed by atoms with Crippen LogP contribution in [0, 0.1) is 0 Å². The van der Waals surface area contributed by atoms with Gasteiger partial charge >= 0.3 is 0 Å².